The topological polar surface area (TPSA) is 57.3 Å². The van der Waals surface area contributed by atoms with Crippen molar-refractivity contribution in [3.63, 3.8) is 0 Å². The first-order valence-corrected chi connectivity index (χ1v) is 10.2. The number of rotatable bonds is 7. The van der Waals surface area contributed by atoms with Crippen LogP contribution < -0.4 is 0 Å². The molecule has 2 aliphatic rings. The lowest BCUT2D eigenvalue weighted by Gasteiger charge is -2.43. The molecule has 5 heteroatoms. The quantitative estimate of drug-likeness (QED) is 0.523. The van der Waals surface area contributed by atoms with Crippen LogP contribution in [-0.2, 0) is 25.6 Å². The zero-order chi connectivity index (χ0) is 20.3. The van der Waals surface area contributed by atoms with Crippen molar-refractivity contribution in [2.75, 3.05) is 13.7 Å². The van der Waals surface area contributed by atoms with Gasteiger partial charge in [-0.25, -0.2) is 4.79 Å². The van der Waals surface area contributed by atoms with Crippen molar-refractivity contribution in [2.45, 2.75) is 50.3 Å². The third-order valence-electron chi connectivity index (χ3n) is 6.10. The Morgan fingerprint density at radius 1 is 1.14 bits per heavy atom. The number of carbonyl (C=O) groups is 1. The van der Waals surface area contributed by atoms with Crippen LogP contribution in [-0.4, -0.2) is 43.6 Å². The van der Waals surface area contributed by atoms with Gasteiger partial charge < -0.3 is 18.9 Å². The van der Waals surface area contributed by atoms with E-state index in [1.54, 1.807) is 19.2 Å². The Balaban J connectivity index is 1.46. The summed E-state index contributed by atoms with van der Waals surface area (Å²) >= 11 is 0. The van der Waals surface area contributed by atoms with Crippen molar-refractivity contribution in [3.8, 4) is 0 Å². The zero-order valence-electron chi connectivity index (χ0n) is 17.0. The highest BCUT2D eigenvalue weighted by Crippen LogP contribution is 2.50. The monoisotopic (exact) mass is 396 g/mol. The largest absolute Gasteiger partial charge is 0.456 e. The molecule has 5 atom stereocenters. The highest BCUT2D eigenvalue weighted by atomic mass is 16.6. The van der Waals surface area contributed by atoms with Crippen LogP contribution in [0.4, 0.5) is 0 Å². The Bertz CT molecular complexity index is 803. The van der Waals surface area contributed by atoms with Crippen molar-refractivity contribution in [3.05, 3.63) is 71.8 Å². The van der Waals surface area contributed by atoms with E-state index in [0.717, 1.165) is 18.4 Å². The van der Waals surface area contributed by atoms with Crippen molar-refractivity contribution in [1.29, 1.82) is 0 Å². The van der Waals surface area contributed by atoms with Gasteiger partial charge in [-0.1, -0.05) is 48.5 Å². The standard InChI is InChI=1S/C24H28O5/c1-17(27-15-18-9-5-3-6-10-18)21-22(26-2)20(13-14-24(21)16-28-24)29-23(25)19-11-7-4-8-12-19/h3-12,17,20-22H,13-16H2,1-2H3/t17-,20+,21-,22+,24+/m0/s1. The summed E-state index contributed by atoms with van der Waals surface area (Å²) in [5, 5.41) is 0. The summed E-state index contributed by atoms with van der Waals surface area (Å²) in [6.07, 6.45) is 0.864. The van der Waals surface area contributed by atoms with Crippen molar-refractivity contribution < 1.29 is 23.7 Å². The second-order valence-corrected chi connectivity index (χ2v) is 7.93. The summed E-state index contributed by atoms with van der Waals surface area (Å²) in [6.45, 7) is 3.29. The minimum Gasteiger partial charge on any atom is -0.456 e. The average Bonchev–Trinajstić information content (AvgIpc) is 3.54. The molecule has 1 saturated carbocycles. The van der Waals surface area contributed by atoms with E-state index in [2.05, 4.69) is 19.1 Å². The number of esters is 1. The van der Waals surface area contributed by atoms with Gasteiger partial charge in [0, 0.05) is 13.0 Å². The fourth-order valence-corrected chi connectivity index (χ4v) is 4.48. The van der Waals surface area contributed by atoms with Gasteiger partial charge in [-0.3, -0.25) is 0 Å². The smallest absolute Gasteiger partial charge is 0.338 e. The molecule has 5 nitrogen and oxygen atoms in total. The average molecular weight is 396 g/mol. The summed E-state index contributed by atoms with van der Waals surface area (Å²) < 4.78 is 23.8. The van der Waals surface area contributed by atoms with Gasteiger partial charge in [0.15, 0.2) is 0 Å². The van der Waals surface area contributed by atoms with E-state index in [-0.39, 0.29) is 35.8 Å². The van der Waals surface area contributed by atoms with Gasteiger partial charge >= 0.3 is 5.97 Å². The Morgan fingerprint density at radius 3 is 2.41 bits per heavy atom. The van der Waals surface area contributed by atoms with Gasteiger partial charge in [0.2, 0.25) is 0 Å². The van der Waals surface area contributed by atoms with Crippen LogP contribution in [0.1, 0.15) is 35.7 Å². The molecule has 1 aliphatic heterocycles. The Labute approximate surface area is 171 Å². The van der Waals surface area contributed by atoms with Gasteiger partial charge in [-0.2, -0.15) is 0 Å². The first kappa shape index (κ1) is 20.1. The normalized spacial score (nSPS) is 29.4. The predicted molar refractivity (Wildman–Crippen MR) is 109 cm³/mol. The molecule has 1 heterocycles. The number of epoxide rings is 1. The number of hydrogen-bond donors (Lipinski definition) is 0. The minimum atomic E-state index is -0.324. The third-order valence-corrected chi connectivity index (χ3v) is 6.10. The van der Waals surface area contributed by atoms with Gasteiger partial charge in [-0.05, 0) is 37.5 Å². The summed E-state index contributed by atoms with van der Waals surface area (Å²) in [6, 6.07) is 19.2. The third kappa shape index (κ3) is 4.37. The molecule has 4 rings (SSSR count). The van der Waals surface area contributed by atoms with Crippen molar-refractivity contribution in [1.82, 2.24) is 0 Å². The molecule has 0 bridgehead atoms. The number of hydrogen-bond acceptors (Lipinski definition) is 5. The molecule has 1 aliphatic carbocycles. The Hall–Kier alpha value is -2.21. The summed E-state index contributed by atoms with van der Waals surface area (Å²) in [5.74, 6) is -0.319. The number of methoxy groups -OCH3 is 1. The molecule has 154 valence electrons. The van der Waals surface area contributed by atoms with Crippen LogP contribution in [0.15, 0.2) is 60.7 Å². The van der Waals surface area contributed by atoms with Crippen LogP contribution in [0.25, 0.3) is 0 Å². The van der Waals surface area contributed by atoms with Gasteiger partial charge in [0.05, 0.1) is 30.5 Å². The molecule has 0 N–H and O–H groups in total. The summed E-state index contributed by atoms with van der Waals surface area (Å²) in [5.41, 5.74) is 1.45. The van der Waals surface area contributed by atoms with E-state index in [1.807, 2.05) is 36.4 Å². The molecular weight excluding hydrogens is 368 g/mol. The van der Waals surface area contributed by atoms with Crippen LogP contribution in [0.3, 0.4) is 0 Å². The molecule has 2 aromatic rings. The van der Waals surface area contributed by atoms with E-state index < -0.39 is 0 Å². The molecule has 2 fully saturated rings. The predicted octanol–water partition coefficient (Wildman–Crippen LogP) is 4.01. The van der Waals surface area contributed by atoms with Gasteiger partial charge in [0.1, 0.15) is 12.2 Å². The van der Waals surface area contributed by atoms with Gasteiger partial charge in [-0.15, -0.1) is 0 Å². The van der Waals surface area contributed by atoms with Crippen LogP contribution in [0, 0.1) is 5.92 Å². The van der Waals surface area contributed by atoms with E-state index in [0.29, 0.717) is 18.8 Å². The molecule has 0 unspecified atom stereocenters. The van der Waals surface area contributed by atoms with Crippen molar-refractivity contribution >= 4 is 5.97 Å². The molecule has 0 aromatic heterocycles. The Morgan fingerprint density at radius 2 is 1.79 bits per heavy atom. The van der Waals surface area contributed by atoms with E-state index in [4.69, 9.17) is 18.9 Å². The lowest BCUT2D eigenvalue weighted by atomic mass is 9.73. The molecule has 29 heavy (non-hydrogen) atoms. The van der Waals surface area contributed by atoms with E-state index >= 15 is 0 Å². The molecule has 2 aromatic carbocycles. The number of benzene rings is 2. The molecular formula is C24H28O5. The highest BCUT2D eigenvalue weighted by molar-refractivity contribution is 5.89. The molecule has 0 amide bonds. The van der Waals surface area contributed by atoms with E-state index in [9.17, 15) is 4.79 Å². The second-order valence-electron chi connectivity index (χ2n) is 7.93. The molecule has 0 radical (unpaired) electrons. The first-order chi connectivity index (χ1) is 14.1. The number of carbonyl (C=O) groups excluding carboxylic acids is 1. The maximum Gasteiger partial charge on any atom is 0.338 e. The highest BCUT2D eigenvalue weighted by Gasteiger charge is 2.61. The summed E-state index contributed by atoms with van der Waals surface area (Å²) in [4.78, 5) is 12.6. The van der Waals surface area contributed by atoms with E-state index in [1.165, 1.54) is 0 Å². The maximum absolute atomic E-state index is 12.6. The minimum absolute atomic E-state index is 0.00136. The zero-order valence-corrected chi connectivity index (χ0v) is 17.0. The van der Waals surface area contributed by atoms with Crippen LogP contribution in [0.2, 0.25) is 0 Å². The first-order valence-electron chi connectivity index (χ1n) is 10.2. The fourth-order valence-electron chi connectivity index (χ4n) is 4.48. The lowest BCUT2D eigenvalue weighted by molar-refractivity contribution is -0.144. The number of ether oxygens (including phenoxy) is 4. The van der Waals surface area contributed by atoms with Crippen molar-refractivity contribution in [2.24, 2.45) is 5.92 Å². The maximum atomic E-state index is 12.6. The fraction of sp³-hybridized carbons (Fsp3) is 0.458. The van der Waals surface area contributed by atoms with Crippen LogP contribution >= 0.6 is 0 Å². The molecule has 1 saturated heterocycles. The summed E-state index contributed by atoms with van der Waals surface area (Å²) in [7, 11) is 1.67. The molecule has 1 spiro atoms. The lowest BCUT2D eigenvalue weighted by Crippen LogP contribution is -2.54. The SMILES string of the molecule is CO[C@H]1[C@H]([C@H](C)OCc2ccccc2)[C@@]2(CC[C@H]1OC(=O)c1ccccc1)CO2. The van der Waals surface area contributed by atoms with Crippen LogP contribution in [0.5, 0.6) is 0 Å². The Kier molecular flexibility index (Phi) is 5.99. The van der Waals surface area contributed by atoms with Gasteiger partial charge in [0.25, 0.3) is 0 Å². The second kappa shape index (κ2) is 8.66.